The van der Waals surface area contributed by atoms with Crippen molar-refractivity contribution in [3.63, 3.8) is 0 Å². The van der Waals surface area contributed by atoms with Gasteiger partial charge in [-0.3, -0.25) is 0 Å². The van der Waals surface area contributed by atoms with E-state index in [0.717, 1.165) is 18.6 Å². The van der Waals surface area contributed by atoms with Crippen molar-refractivity contribution in [1.29, 1.82) is 0 Å². The van der Waals surface area contributed by atoms with Crippen LogP contribution >= 0.6 is 0 Å². The maximum Gasteiger partial charge on any atom is 0.134 e. The van der Waals surface area contributed by atoms with Gasteiger partial charge in [0.15, 0.2) is 0 Å². The quantitative estimate of drug-likeness (QED) is 0.801. The third kappa shape index (κ3) is 1.97. The summed E-state index contributed by atoms with van der Waals surface area (Å²) >= 11 is 0. The summed E-state index contributed by atoms with van der Waals surface area (Å²) in [6.45, 7) is 0. The van der Waals surface area contributed by atoms with E-state index in [0.29, 0.717) is 6.04 Å². The Morgan fingerprint density at radius 1 is 1.17 bits per heavy atom. The molecule has 0 spiro atoms. The van der Waals surface area contributed by atoms with Crippen LogP contribution in [-0.4, -0.2) is 25.0 Å². The van der Waals surface area contributed by atoms with Crippen molar-refractivity contribution in [1.82, 2.24) is 4.90 Å². The van der Waals surface area contributed by atoms with Gasteiger partial charge in [-0.15, -0.1) is 0 Å². The predicted molar refractivity (Wildman–Crippen MR) is 73.6 cm³/mol. The summed E-state index contributed by atoms with van der Waals surface area (Å²) in [6, 6.07) is 11.3. The van der Waals surface area contributed by atoms with E-state index in [1.54, 1.807) is 6.26 Å². The summed E-state index contributed by atoms with van der Waals surface area (Å²) in [5.74, 6) is 0.996. The Bertz CT molecular complexity index is 528. The number of hydrogen-bond donors (Lipinski definition) is 0. The molecule has 0 fully saturated rings. The van der Waals surface area contributed by atoms with Gasteiger partial charge in [0, 0.05) is 11.6 Å². The van der Waals surface area contributed by atoms with E-state index in [1.165, 1.54) is 23.1 Å². The average Bonchev–Trinajstić information content (AvgIpc) is 2.91. The molecule has 0 saturated carbocycles. The second-order valence-corrected chi connectivity index (χ2v) is 5.28. The molecule has 1 aromatic heterocycles. The molecule has 1 atom stereocenters. The molecule has 0 aliphatic heterocycles. The van der Waals surface area contributed by atoms with Gasteiger partial charge in [-0.25, -0.2) is 0 Å². The molecule has 1 aliphatic carbocycles. The van der Waals surface area contributed by atoms with Crippen LogP contribution in [0.3, 0.4) is 0 Å². The lowest BCUT2D eigenvalue weighted by molar-refractivity contribution is 0.268. The van der Waals surface area contributed by atoms with Crippen molar-refractivity contribution in [2.45, 2.75) is 25.3 Å². The summed E-state index contributed by atoms with van der Waals surface area (Å²) in [4.78, 5) is 2.34. The van der Waals surface area contributed by atoms with Crippen LogP contribution in [0.4, 0.5) is 0 Å². The van der Waals surface area contributed by atoms with Crippen LogP contribution in [0.25, 0.3) is 11.3 Å². The van der Waals surface area contributed by atoms with Gasteiger partial charge in [0.1, 0.15) is 5.76 Å². The Hall–Kier alpha value is -1.54. The molecule has 94 valence electrons. The SMILES string of the molecule is CN(C)[C@H]1CCc2c(cccc2-c2ccco2)C1. The second kappa shape index (κ2) is 4.62. The zero-order valence-corrected chi connectivity index (χ0v) is 11.0. The monoisotopic (exact) mass is 241 g/mol. The molecular weight excluding hydrogens is 222 g/mol. The maximum absolute atomic E-state index is 5.55. The molecule has 3 rings (SSSR count). The highest BCUT2D eigenvalue weighted by Crippen LogP contribution is 2.32. The zero-order chi connectivity index (χ0) is 12.5. The van der Waals surface area contributed by atoms with Gasteiger partial charge in [0.25, 0.3) is 0 Å². The Morgan fingerprint density at radius 3 is 2.78 bits per heavy atom. The summed E-state index contributed by atoms with van der Waals surface area (Å²) in [5.41, 5.74) is 4.23. The molecule has 0 N–H and O–H groups in total. The van der Waals surface area contributed by atoms with Crippen LogP contribution < -0.4 is 0 Å². The topological polar surface area (TPSA) is 16.4 Å². The van der Waals surface area contributed by atoms with Gasteiger partial charge >= 0.3 is 0 Å². The van der Waals surface area contributed by atoms with E-state index in [4.69, 9.17) is 4.42 Å². The minimum atomic E-state index is 0.671. The van der Waals surface area contributed by atoms with Gasteiger partial charge in [-0.2, -0.15) is 0 Å². The number of benzene rings is 1. The van der Waals surface area contributed by atoms with Crippen LogP contribution in [-0.2, 0) is 12.8 Å². The van der Waals surface area contributed by atoms with E-state index in [2.05, 4.69) is 37.2 Å². The highest BCUT2D eigenvalue weighted by Gasteiger charge is 2.22. The minimum absolute atomic E-state index is 0.671. The number of hydrogen-bond acceptors (Lipinski definition) is 2. The van der Waals surface area contributed by atoms with Gasteiger partial charge in [0.2, 0.25) is 0 Å². The van der Waals surface area contributed by atoms with Gasteiger partial charge < -0.3 is 9.32 Å². The summed E-state index contributed by atoms with van der Waals surface area (Å²) < 4.78 is 5.55. The molecule has 18 heavy (non-hydrogen) atoms. The molecule has 0 saturated heterocycles. The van der Waals surface area contributed by atoms with Crippen molar-refractivity contribution in [2.75, 3.05) is 14.1 Å². The molecule has 1 aromatic carbocycles. The highest BCUT2D eigenvalue weighted by molar-refractivity contribution is 5.64. The van der Waals surface area contributed by atoms with Crippen molar-refractivity contribution in [2.24, 2.45) is 0 Å². The summed E-state index contributed by atoms with van der Waals surface area (Å²) in [7, 11) is 4.35. The Balaban J connectivity index is 1.99. The number of furan rings is 1. The first-order chi connectivity index (χ1) is 8.75. The lowest BCUT2D eigenvalue weighted by atomic mass is 9.84. The first-order valence-electron chi connectivity index (χ1n) is 6.57. The Morgan fingerprint density at radius 2 is 2.06 bits per heavy atom. The summed E-state index contributed by atoms with van der Waals surface area (Å²) in [6.07, 6.45) is 5.28. The lowest BCUT2D eigenvalue weighted by Gasteiger charge is -2.30. The van der Waals surface area contributed by atoms with Crippen molar-refractivity contribution in [3.05, 3.63) is 47.7 Å². The molecule has 0 amide bonds. The standard InChI is InChI=1S/C16H19NO/c1-17(2)13-8-9-14-12(11-13)5-3-6-15(14)16-7-4-10-18-16/h3-7,10,13H,8-9,11H2,1-2H3/t13-/m0/s1. The highest BCUT2D eigenvalue weighted by atomic mass is 16.3. The van der Waals surface area contributed by atoms with Gasteiger partial charge in [-0.05, 0) is 56.6 Å². The van der Waals surface area contributed by atoms with Crippen LogP contribution in [0.2, 0.25) is 0 Å². The average molecular weight is 241 g/mol. The predicted octanol–water partition coefficient (Wildman–Crippen LogP) is 3.37. The maximum atomic E-state index is 5.55. The summed E-state index contributed by atoms with van der Waals surface area (Å²) in [5, 5.41) is 0. The first-order valence-corrected chi connectivity index (χ1v) is 6.57. The Labute approximate surface area is 108 Å². The second-order valence-electron chi connectivity index (χ2n) is 5.28. The molecule has 2 nitrogen and oxygen atoms in total. The van der Waals surface area contributed by atoms with Crippen LogP contribution in [0.15, 0.2) is 41.0 Å². The van der Waals surface area contributed by atoms with Crippen molar-refractivity contribution < 1.29 is 4.42 Å². The van der Waals surface area contributed by atoms with Crippen LogP contribution in [0, 0.1) is 0 Å². The Kier molecular flexibility index (Phi) is 2.96. The van der Waals surface area contributed by atoms with E-state index >= 15 is 0 Å². The normalized spacial score (nSPS) is 18.9. The largest absolute Gasteiger partial charge is 0.464 e. The first kappa shape index (κ1) is 11.5. The molecule has 0 bridgehead atoms. The molecule has 2 aromatic rings. The third-order valence-electron chi connectivity index (χ3n) is 3.97. The van der Waals surface area contributed by atoms with Crippen LogP contribution in [0.5, 0.6) is 0 Å². The third-order valence-corrected chi connectivity index (χ3v) is 3.97. The fourth-order valence-corrected chi connectivity index (χ4v) is 2.89. The number of nitrogens with zero attached hydrogens (tertiary/aromatic N) is 1. The van der Waals surface area contributed by atoms with Crippen molar-refractivity contribution in [3.8, 4) is 11.3 Å². The van der Waals surface area contributed by atoms with Gasteiger partial charge in [-0.1, -0.05) is 18.2 Å². The molecule has 2 heteroatoms. The zero-order valence-electron chi connectivity index (χ0n) is 11.0. The van der Waals surface area contributed by atoms with Crippen molar-refractivity contribution >= 4 is 0 Å². The fourth-order valence-electron chi connectivity index (χ4n) is 2.89. The lowest BCUT2D eigenvalue weighted by Crippen LogP contribution is -2.33. The molecule has 1 heterocycles. The molecule has 0 radical (unpaired) electrons. The van der Waals surface area contributed by atoms with E-state index in [9.17, 15) is 0 Å². The molecule has 1 aliphatic rings. The van der Waals surface area contributed by atoms with Gasteiger partial charge in [0.05, 0.1) is 6.26 Å². The fraction of sp³-hybridized carbons (Fsp3) is 0.375. The smallest absolute Gasteiger partial charge is 0.134 e. The number of fused-ring (bicyclic) bond motifs is 1. The van der Waals surface area contributed by atoms with Crippen LogP contribution in [0.1, 0.15) is 17.5 Å². The van der Waals surface area contributed by atoms with E-state index < -0.39 is 0 Å². The number of likely N-dealkylation sites (N-methyl/N-ethyl adjacent to an activating group) is 1. The van der Waals surface area contributed by atoms with E-state index in [1.807, 2.05) is 12.1 Å². The molecular formula is C16H19NO. The number of rotatable bonds is 2. The molecule has 0 unspecified atom stereocenters. The minimum Gasteiger partial charge on any atom is -0.464 e. The van der Waals surface area contributed by atoms with E-state index in [-0.39, 0.29) is 0 Å².